The van der Waals surface area contributed by atoms with Crippen molar-refractivity contribution in [2.24, 2.45) is 0 Å². The van der Waals surface area contributed by atoms with Crippen LogP contribution in [0.25, 0.3) is 0 Å². The number of carbonyl (C=O) groups is 2. The molecule has 1 rings (SSSR count). The summed E-state index contributed by atoms with van der Waals surface area (Å²) in [6, 6.07) is 5.19. The quantitative estimate of drug-likeness (QED) is 0.787. The Bertz CT molecular complexity index is 477. The maximum Gasteiger partial charge on any atom is 0.231 e. The summed E-state index contributed by atoms with van der Waals surface area (Å²) in [6.07, 6.45) is -0.262. The molecule has 0 atom stereocenters. The molecule has 0 fully saturated rings. The summed E-state index contributed by atoms with van der Waals surface area (Å²) in [5, 5.41) is 11.1. The second-order valence-electron chi connectivity index (χ2n) is 3.23. The molecule has 0 radical (unpaired) electrons. The average Bonchev–Trinajstić information content (AvgIpc) is 2.19. The fraction of sp³-hybridized carbons (Fsp3) is 0.182. The van der Waals surface area contributed by atoms with Crippen molar-refractivity contribution in [3.8, 4) is 6.07 Å². The van der Waals surface area contributed by atoms with Crippen LogP contribution in [0.5, 0.6) is 0 Å². The van der Waals surface area contributed by atoms with Gasteiger partial charge in [-0.25, -0.2) is 4.39 Å². The lowest BCUT2D eigenvalue weighted by molar-refractivity contribution is -0.124. The molecule has 82 valence electrons. The van der Waals surface area contributed by atoms with Crippen molar-refractivity contribution in [3.05, 3.63) is 29.6 Å². The Morgan fingerprint density at radius 1 is 1.50 bits per heavy atom. The number of carbonyl (C=O) groups excluding carboxylic acids is 2. The van der Waals surface area contributed by atoms with Gasteiger partial charge in [0.25, 0.3) is 0 Å². The van der Waals surface area contributed by atoms with Gasteiger partial charge in [-0.1, -0.05) is 0 Å². The Balaban J connectivity index is 2.86. The van der Waals surface area contributed by atoms with E-state index >= 15 is 0 Å². The second kappa shape index (κ2) is 5.03. The third-order valence-electron chi connectivity index (χ3n) is 1.79. The Kier molecular flexibility index (Phi) is 3.72. The molecule has 0 aromatic heterocycles. The number of nitriles is 1. The number of nitrogens with zero attached hydrogens (tertiary/aromatic N) is 1. The largest absolute Gasteiger partial charge is 0.325 e. The van der Waals surface area contributed by atoms with Gasteiger partial charge in [-0.15, -0.1) is 0 Å². The topological polar surface area (TPSA) is 70.0 Å². The molecule has 0 heterocycles. The second-order valence-corrected chi connectivity index (χ2v) is 3.23. The van der Waals surface area contributed by atoms with Crippen LogP contribution in [0.4, 0.5) is 10.1 Å². The van der Waals surface area contributed by atoms with Crippen molar-refractivity contribution in [2.75, 3.05) is 5.32 Å². The number of halogens is 1. The molecule has 16 heavy (non-hydrogen) atoms. The number of ketones is 1. The number of hydrogen-bond acceptors (Lipinski definition) is 3. The molecule has 1 N–H and O–H groups in total. The summed E-state index contributed by atoms with van der Waals surface area (Å²) >= 11 is 0. The van der Waals surface area contributed by atoms with Crippen molar-refractivity contribution in [2.45, 2.75) is 13.3 Å². The lowest BCUT2D eigenvalue weighted by Crippen LogP contribution is -2.15. The first-order valence-corrected chi connectivity index (χ1v) is 4.52. The summed E-state index contributed by atoms with van der Waals surface area (Å²) in [6.45, 7) is 1.29. The van der Waals surface area contributed by atoms with Crippen LogP contribution in [-0.2, 0) is 9.59 Å². The zero-order valence-corrected chi connectivity index (χ0v) is 8.58. The molecule has 0 aliphatic rings. The van der Waals surface area contributed by atoms with Crippen LogP contribution in [0.2, 0.25) is 0 Å². The van der Waals surface area contributed by atoms with Gasteiger partial charge in [0.2, 0.25) is 5.91 Å². The molecule has 1 aromatic carbocycles. The molecule has 4 nitrogen and oxygen atoms in total. The Labute approximate surface area is 91.7 Å². The van der Waals surface area contributed by atoms with Gasteiger partial charge in [0.05, 0.1) is 17.7 Å². The zero-order valence-electron chi connectivity index (χ0n) is 8.58. The van der Waals surface area contributed by atoms with Gasteiger partial charge >= 0.3 is 0 Å². The van der Waals surface area contributed by atoms with E-state index in [4.69, 9.17) is 5.26 Å². The fourth-order valence-electron chi connectivity index (χ4n) is 1.14. The van der Waals surface area contributed by atoms with Gasteiger partial charge < -0.3 is 5.32 Å². The Morgan fingerprint density at radius 2 is 2.19 bits per heavy atom. The zero-order chi connectivity index (χ0) is 12.1. The first kappa shape index (κ1) is 11.9. The predicted molar refractivity (Wildman–Crippen MR) is 55.0 cm³/mol. The summed E-state index contributed by atoms with van der Waals surface area (Å²) in [5.41, 5.74) is 0.229. The molecule has 1 aromatic rings. The molecule has 5 heteroatoms. The van der Waals surface area contributed by atoms with Gasteiger partial charge in [-0.3, -0.25) is 9.59 Å². The minimum absolute atomic E-state index is 0.0249. The van der Waals surface area contributed by atoms with Crippen LogP contribution in [0.3, 0.4) is 0 Å². The molecule has 0 saturated carbocycles. The SMILES string of the molecule is CC(=O)CC(=O)Nc1ccc(F)cc1C#N. The van der Waals surface area contributed by atoms with E-state index in [1.54, 1.807) is 6.07 Å². The summed E-state index contributed by atoms with van der Waals surface area (Å²) < 4.78 is 12.8. The highest BCUT2D eigenvalue weighted by molar-refractivity contribution is 6.04. The van der Waals surface area contributed by atoms with E-state index in [1.165, 1.54) is 13.0 Å². The Morgan fingerprint density at radius 3 is 2.75 bits per heavy atom. The van der Waals surface area contributed by atoms with Gasteiger partial charge in [-0.2, -0.15) is 5.26 Å². The molecule has 0 saturated heterocycles. The highest BCUT2D eigenvalue weighted by Gasteiger charge is 2.09. The third kappa shape index (κ3) is 3.17. The first-order chi connectivity index (χ1) is 7.52. The summed E-state index contributed by atoms with van der Waals surface area (Å²) in [5.74, 6) is -1.35. The van der Waals surface area contributed by atoms with E-state index in [2.05, 4.69) is 5.32 Å². The Hall–Kier alpha value is -2.22. The van der Waals surface area contributed by atoms with Crippen molar-refractivity contribution in [1.82, 2.24) is 0 Å². The summed E-state index contributed by atoms with van der Waals surface area (Å²) in [7, 11) is 0. The van der Waals surface area contributed by atoms with Crippen molar-refractivity contribution in [1.29, 1.82) is 5.26 Å². The highest BCUT2D eigenvalue weighted by atomic mass is 19.1. The van der Waals surface area contributed by atoms with E-state index in [0.717, 1.165) is 12.1 Å². The van der Waals surface area contributed by atoms with E-state index in [0.29, 0.717) is 0 Å². The van der Waals surface area contributed by atoms with Crippen molar-refractivity contribution in [3.63, 3.8) is 0 Å². The van der Waals surface area contributed by atoms with E-state index in [1.807, 2.05) is 0 Å². The van der Waals surface area contributed by atoms with Crippen LogP contribution >= 0.6 is 0 Å². The monoisotopic (exact) mass is 220 g/mol. The van der Waals surface area contributed by atoms with Crippen LogP contribution < -0.4 is 5.32 Å². The number of hydrogen-bond donors (Lipinski definition) is 1. The van der Waals surface area contributed by atoms with Crippen LogP contribution in [0.1, 0.15) is 18.9 Å². The predicted octanol–water partition coefficient (Wildman–Crippen LogP) is 1.61. The molecule has 0 spiro atoms. The van der Waals surface area contributed by atoms with Gasteiger partial charge in [0.15, 0.2) is 0 Å². The smallest absolute Gasteiger partial charge is 0.231 e. The third-order valence-corrected chi connectivity index (χ3v) is 1.79. The minimum atomic E-state index is -0.555. The minimum Gasteiger partial charge on any atom is -0.325 e. The van der Waals surface area contributed by atoms with E-state index < -0.39 is 11.7 Å². The molecular weight excluding hydrogens is 211 g/mol. The standard InChI is InChI=1S/C11H9FN2O2/c1-7(15)4-11(16)14-10-3-2-9(12)5-8(10)6-13/h2-3,5H,4H2,1H3,(H,14,16). The number of nitrogens with one attached hydrogen (secondary N) is 1. The molecule has 0 aliphatic heterocycles. The van der Waals surface area contributed by atoms with Crippen LogP contribution in [-0.4, -0.2) is 11.7 Å². The number of benzene rings is 1. The molecule has 1 amide bonds. The van der Waals surface area contributed by atoms with E-state index in [9.17, 15) is 14.0 Å². The molecule has 0 aliphatic carbocycles. The average molecular weight is 220 g/mol. The van der Waals surface area contributed by atoms with Gasteiger partial charge in [-0.05, 0) is 25.1 Å². The number of anilines is 1. The van der Waals surface area contributed by atoms with Crippen LogP contribution in [0.15, 0.2) is 18.2 Å². The molecule has 0 unspecified atom stereocenters. The van der Waals surface area contributed by atoms with E-state index in [-0.39, 0.29) is 23.5 Å². The number of Topliss-reactive ketones (excluding diaryl/α,β-unsaturated/α-hetero) is 1. The lowest BCUT2D eigenvalue weighted by Gasteiger charge is -2.05. The molecular formula is C11H9FN2O2. The maximum atomic E-state index is 12.8. The lowest BCUT2D eigenvalue weighted by atomic mass is 10.2. The van der Waals surface area contributed by atoms with Gasteiger partial charge in [0.1, 0.15) is 17.7 Å². The number of amides is 1. The highest BCUT2D eigenvalue weighted by Crippen LogP contribution is 2.16. The van der Waals surface area contributed by atoms with Crippen LogP contribution in [0, 0.1) is 17.1 Å². The van der Waals surface area contributed by atoms with Gasteiger partial charge in [0, 0.05) is 0 Å². The summed E-state index contributed by atoms with van der Waals surface area (Å²) in [4.78, 5) is 21.9. The van der Waals surface area contributed by atoms with Crippen molar-refractivity contribution >= 4 is 17.4 Å². The maximum absolute atomic E-state index is 12.8. The number of rotatable bonds is 3. The van der Waals surface area contributed by atoms with Crippen molar-refractivity contribution < 1.29 is 14.0 Å². The normalized spacial score (nSPS) is 9.31. The fourth-order valence-corrected chi connectivity index (χ4v) is 1.14. The first-order valence-electron chi connectivity index (χ1n) is 4.52. The molecule has 0 bridgehead atoms.